The third-order valence-corrected chi connectivity index (χ3v) is 4.88. The number of nitrogens with two attached hydrogens (primary N) is 1. The van der Waals surface area contributed by atoms with Crippen molar-refractivity contribution in [1.29, 1.82) is 0 Å². The second-order valence-electron chi connectivity index (χ2n) is 5.26. The number of hydrogen-bond acceptors (Lipinski definition) is 3. The van der Waals surface area contributed by atoms with Crippen LogP contribution in [0, 0.1) is 6.92 Å². The average molecular weight is 297 g/mol. The van der Waals surface area contributed by atoms with Crippen LogP contribution in [0.15, 0.2) is 48.5 Å². The molecule has 0 aliphatic rings. The molecule has 2 aromatic carbocycles. The van der Waals surface area contributed by atoms with Gasteiger partial charge in [-0.1, -0.05) is 24.3 Å². The lowest BCUT2D eigenvalue weighted by atomic mass is 9.98. The Kier molecular flexibility index (Phi) is 3.95. The average Bonchev–Trinajstić information content (AvgIpc) is 2.94. The van der Waals surface area contributed by atoms with Crippen LogP contribution in [-0.2, 0) is 6.42 Å². The van der Waals surface area contributed by atoms with Crippen molar-refractivity contribution >= 4 is 22.1 Å². The summed E-state index contributed by atoms with van der Waals surface area (Å²) in [6.07, 6.45) is 0.838. The third kappa shape index (κ3) is 2.94. The van der Waals surface area contributed by atoms with E-state index in [1.54, 1.807) is 18.4 Å². The van der Waals surface area contributed by atoms with E-state index in [-0.39, 0.29) is 6.04 Å². The van der Waals surface area contributed by atoms with Crippen LogP contribution < -0.4 is 10.5 Å². The fourth-order valence-electron chi connectivity index (χ4n) is 2.61. The Morgan fingerprint density at radius 2 is 2.00 bits per heavy atom. The molecule has 1 aromatic heterocycles. The van der Waals surface area contributed by atoms with Crippen LogP contribution in [0.5, 0.6) is 5.75 Å². The first-order chi connectivity index (χ1) is 10.2. The summed E-state index contributed by atoms with van der Waals surface area (Å²) in [5, 5.41) is 2.45. The molecule has 108 valence electrons. The van der Waals surface area contributed by atoms with Gasteiger partial charge in [0.05, 0.1) is 7.11 Å². The zero-order valence-electron chi connectivity index (χ0n) is 12.3. The summed E-state index contributed by atoms with van der Waals surface area (Å²) in [5.41, 5.74) is 7.65. The predicted octanol–water partition coefficient (Wildman–Crippen LogP) is 4.46. The molecule has 2 N–H and O–H groups in total. The van der Waals surface area contributed by atoms with E-state index in [0.29, 0.717) is 0 Å². The van der Waals surface area contributed by atoms with Gasteiger partial charge in [0.25, 0.3) is 0 Å². The lowest BCUT2D eigenvalue weighted by Gasteiger charge is -2.13. The zero-order chi connectivity index (χ0) is 14.8. The van der Waals surface area contributed by atoms with Gasteiger partial charge in [0.2, 0.25) is 0 Å². The summed E-state index contributed by atoms with van der Waals surface area (Å²) in [7, 11) is 1.70. The molecule has 1 atom stereocenters. The van der Waals surface area contributed by atoms with Crippen LogP contribution in [0.2, 0.25) is 0 Å². The number of hydrogen-bond donors (Lipinski definition) is 1. The van der Waals surface area contributed by atoms with Gasteiger partial charge in [0.15, 0.2) is 0 Å². The minimum absolute atomic E-state index is 0.0421. The van der Waals surface area contributed by atoms with Crippen LogP contribution in [0.1, 0.15) is 21.4 Å². The van der Waals surface area contributed by atoms with E-state index in [4.69, 9.17) is 10.5 Å². The van der Waals surface area contributed by atoms with Crippen molar-refractivity contribution in [3.05, 3.63) is 63.8 Å². The van der Waals surface area contributed by atoms with E-state index in [2.05, 4.69) is 49.4 Å². The van der Waals surface area contributed by atoms with Gasteiger partial charge in [-0.05, 0) is 53.9 Å². The summed E-state index contributed by atoms with van der Waals surface area (Å²) in [6.45, 7) is 2.11. The number of benzene rings is 2. The topological polar surface area (TPSA) is 35.2 Å². The van der Waals surface area contributed by atoms with E-state index < -0.39 is 0 Å². The van der Waals surface area contributed by atoms with E-state index >= 15 is 0 Å². The second kappa shape index (κ2) is 5.88. The van der Waals surface area contributed by atoms with E-state index in [9.17, 15) is 0 Å². The van der Waals surface area contributed by atoms with Crippen LogP contribution in [0.3, 0.4) is 0 Å². The molecule has 21 heavy (non-hydrogen) atoms. The standard InChI is InChI=1S/C18H19NOS/c1-12-6-9-18(21-12)17(19)10-14-5-3-4-13-7-8-15(20-2)11-16(13)14/h3-9,11,17H,10,19H2,1-2H3. The molecule has 0 saturated carbocycles. The molecule has 0 radical (unpaired) electrons. The molecule has 0 spiro atoms. The first kappa shape index (κ1) is 14.1. The van der Waals surface area contributed by atoms with E-state index in [1.807, 2.05) is 6.07 Å². The quantitative estimate of drug-likeness (QED) is 0.771. The van der Waals surface area contributed by atoms with Crippen molar-refractivity contribution in [2.75, 3.05) is 7.11 Å². The molecule has 1 unspecified atom stereocenters. The van der Waals surface area contributed by atoms with Gasteiger partial charge < -0.3 is 10.5 Å². The minimum Gasteiger partial charge on any atom is -0.497 e. The first-order valence-electron chi connectivity index (χ1n) is 7.05. The monoisotopic (exact) mass is 297 g/mol. The van der Waals surface area contributed by atoms with Gasteiger partial charge in [-0.15, -0.1) is 11.3 Å². The molecule has 0 bridgehead atoms. The van der Waals surface area contributed by atoms with Crippen molar-refractivity contribution in [3.8, 4) is 5.75 Å². The van der Waals surface area contributed by atoms with Gasteiger partial charge in [-0.2, -0.15) is 0 Å². The predicted molar refractivity (Wildman–Crippen MR) is 90.2 cm³/mol. The Bertz CT molecular complexity index is 763. The highest BCUT2D eigenvalue weighted by atomic mass is 32.1. The van der Waals surface area contributed by atoms with E-state index in [1.165, 1.54) is 26.1 Å². The summed E-state index contributed by atoms with van der Waals surface area (Å²) < 4.78 is 5.34. The van der Waals surface area contributed by atoms with Crippen molar-refractivity contribution in [2.24, 2.45) is 5.73 Å². The van der Waals surface area contributed by atoms with Crippen LogP contribution >= 0.6 is 11.3 Å². The maximum absolute atomic E-state index is 6.38. The lowest BCUT2D eigenvalue weighted by molar-refractivity contribution is 0.415. The number of fused-ring (bicyclic) bond motifs is 1. The molecule has 0 amide bonds. The number of ether oxygens (including phenoxy) is 1. The summed E-state index contributed by atoms with van der Waals surface area (Å²) in [5.74, 6) is 0.885. The fraction of sp³-hybridized carbons (Fsp3) is 0.222. The molecule has 1 heterocycles. The van der Waals surface area contributed by atoms with Gasteiger partial charge in [-0.3, -0.25) is 0 Å². The van der Waals surface area contributed by atoms with Gasteiger partial charge in [-0.25, -0.2) is 0 Å². The molecule has 0 saturated heterocycles. The van der Waals surface area contributed by atoms with Gasteiger partial charge in [0, 0.05) is 15.8 Å². The van der Waals surface area contributed by atoms with Crippen LogP contribution in [0.4, 0.5) is 0 Å². The van der Waals surface area contributed by atoms with Crippen molar-refractivity contribution in [2.45, 2.75) is 19.4 Å². The first-order valence-corrected chi connectivity index (χ1v) is 7.86. The van der Waals surface area contributed by atoms with Gasteiger partial charge >= 0.3 is 0 Å². The lowest BCUT2D eigenvalue weighted by Crippen LogP contribution is -2.12. The molecule has 0 fully saturated rings. The zero-order valence-corrected chi connectivity index (χ0v) is 13.1. The molecular formula is C18H19NOS. The van der Waals surface area contributed by atoms with Gasteiger partial charge in [0.1, 0.15) is 5.75 Å². The minimum atomic E-state index is 0.0421. The number of rotatable bonds is 4. The van der Waals surface area contributed by atoms with Crippen LogP contribution in [0.25, 0.3) is 10.8 Å². The molecule has 3 heteroatoms. The van der Waals surface area contributed by atoms with E-state index in [0.717, 1.165) is 12.2 Å². The Balaban J connectivity index is 1.96. The molecule has 0 aliphatic carbocycles. The highest BCUT2D eigenvalue weighted by molar-refractivity contribution is 7.12. The number of thiophene rings is 1. The fourth-order valence-corrected chi connectivity index (χ4v) is 3.49. The van der Waals surface area contributed by atoms with Crippen molar-refractivity contribution in [1.82, 2.24) is 0 Å². The highest BCUT2D eigenvalue weighted by Gasteiger charge is 2.11. The van der Waals surface area contributed by atoms with Crippen LogP contribution in [-0.4, -0.2) is 7.11 Å². The highest BCUT2D eigenvalue weighted by Crippen LogP contribution is 2.29. The maximum atomic E-state index is 6.38. The van der Waals surface area contributed by atoms with Crippen molar-refractivity contribution < 1.29 is 4.74 Å². The number of aryl methyl sites for hydroxylation is 1. The summed E-state index contributed by atoms with van der Waals surface area (Å²) >= 11 is 1.78. The van der Waals surface area contributed by atoms with Crippen molar-refractivity contribution in [3.63, 3.8) is 0 Å². The maximum Gasteiger partial charge on any atom is 0.119 e. The smallest absolute Gasteiger partial charge is 0.119 e. The molecule has 3 rings (SSSR count). The second-order valence-corrected chi connectivity index (χ2v) is 6.58. The SMILES string of the molecule is COc1ccc2cccc(CC(N)c3ccc(C)s3)c2c1. The molecule has 2 nitrogen and oxygen atoms in total. The molecule has 0 aliphatic heterocycles. The summed E-state index contributed by atoms with van der Waals surface area (Å²) in [4.78, 5) is 2.55. The number of methoxy groups -OCH3 is 1. The Labute approximate surface area is 129 Å². The molecule has 3 aromatic rings. The summed E-state index contributed by atoms with van der Waals surface area (Å²) in [6, 6.07) is 16.9. The third-order valence-electron chi connectivity index (χ3n) is 3.75. The largest absolute Gasteiger partial charge is 0.497 e. The Morgan fingerprint density at radius 3 is 2.71 bits per heavy atom. The normalized spacial score (nSPS) is 12.5. The Morgan fingerprint density at radius 1 is 1.14 bits per heavy atom. The Hall–Kier alpha value is -1.84. The molecular weight excluding hydrogens is 278 g/mol.